The zero-order chi connectivity index (χ0) is 16.5. The molecule has 4 nitrogen and oxygen atoms in total. The van der Waals surface area contributed by atoms with Crippen molar-refractivity contribution in [1.29, 1.82) is 0 Å². The largest absolute Gasteiger partial charge is 0.456 e. The van der Waals surface area contributed by atoms with E-state index in [0.717, 1.165) is 40.0 Å². The van der Waals surface area contributed by atoms with Crippen molar-refractivity contribution in [3.8, 4) is 0 Å². The van der Waals surface area contributed by atoms with Crippen molar-refractivity contribution in [1.82, 2.24) is 4.90 Å². The zero-order valence-electron chi connectivity index (χ0n) is 13.7. The van der Waals surface area contributed by atoms with Crippen LogP contribution in [0.15, 0.2) is 46.9 Å². The van der Waals surface area contributed by atoms with Crippen LogP contribution in [-0.4, -0.2) is 17.4 Å². The highest BCUT2D eigenvalue weighted by atomic mass is 16.3. The molecule has 0 saturated carbocycles. The number of hydrogen-bond donors (Lipinski definition) is 1. The highest BCUT2D eigenvalue weighted by molar-refractivity contribution is 6.03. The predicted molar refractivity (Wildman–Crippen MR) is 93.1 cm³/mol. The first-order valence-corrected chi connectivity index (χ1v) is 8.29. The number of rotatable bonds is 0. The number of furan rings is 1. The lowest BCUT2D eigenvalue weighted by molar-refractivity contribution is 0.0453. The highest BCUT2D eigenvalue weighted by Crippen LogP contribution is 2.45. The Labute approximate surface area is 140 Å². The number of amides is 1. The number of hydrogen-bond acceptors (Lipinski definition) is 3. The first kappa shape index (κ1) is 13.7. The van der Waals surface area contributed by atoms with E-state index in [4.69, 9.17) is 4.42 Å². The molecule has 1 atom stereocenters. The molecule has 0 saturated heterocycles. The molecule has 0 spiro atoms. The van der Waals surface area contributed by atoms with Gasteiger partial charge in [0.05, 0.1) is 5.56 Å². The summed E-state index contributed by atoms with van der Waals surface area (Å²) in [5.74, 6) is 0.926. The lowest BCUT2D eigenvalue weighted by Crippen LogP contribution is -2.58. The van der Waals surface area contributed by atoms with Crippen LogP contribution in [0.5, 0.6) is 0 Å². The number of benzene rings is 2. The van der Waals surface area contributed by atoms with Gasteiger partial charge in [-0.15, -0.1) is 0 Å². The second kappa shape index (κ2) is 4.41. The maximum absolute atomic E-state index is 13.1. The molecule has 1 amide bonds. The molecule has 2 aromatic carbocycles. The van der Waals surface area contributed by atoms with E-state index in [1.807, 2.05) is 55.1 Å². The number of aryl methyl sites for hydroxylation is 1. The van der Waals surface area contributed by atoms with Crippen LogP contribution in [-0.2, 0) is 12.1 Å². The molecule has 0 fully saturated rings. The third-order valence-corrected chi connectivity index (χ3v) is 5.29. The highest BCUT2D eigenvalue weighted by Gasteiger charge is 2.48. The van der Waals surface area contributed by atoms with Gasteiger partial charge in [-0.2, -0.15) is 0 Å². The number of nitrogens with zero attached hydrogens (tertiary/aromatic N) is 1. The standard InChI is InChI=1S/C20H18N2O2/c1-12-7-8-16-15(11-12)19(23)22-10-9-14-13-5-3-4-6-17(13)24-18(14)20(22,2)21-16/h3-8,11,21H,9-10H2,1-2H3. The maximum Gasteiger partial charge on any atom is 0.258 e. The number of para-hydroxylation sites is 1. The van der Waals surface area contributed by atoms with Crippen LogP contribution in [0.1, 0.15) is 34.2 Å². The lowest BCUT2D eigenvalue weighted by Gasteiger charge is -2.47. The molecular formula is C20H18N2O2. The Morgan fingerprint density at radius 3 is 2.92 bits per heavy atom. The molecule has 1 N–H and O–H groups in total. The SMILES string of the molecule is Cc1ccc2c(c1)C(=O)N1CCc3c(oc4ccccc34)C1(C)N2. The van der Waals surface area contributed by atoms with Gasteiger partial charge in [0.1, 0.15) is 5.58 Å². The van der Waals surface area contributed by atoms with E-state index < -0.39 is 5.66 Å². The summed E-state index contributed by atoms with van der Waals surface area (Å²) in [4.78, 5) is 15.0. The van der Waals surface area contributed by atoms with Gasteiger partial charge in [0.15, 0.2) is 11.4 Å². The molecule has 0 bridgehead atoms. The zero-order valence-corrected chi connectivity index (χ0v) is 13.7. The third kappa shape index (κ3) is 1.60. The summed E-state index contributed by atoms with van der Waals surface area (Å²) < 4.78 is 6.19. The van der Waals surface area contributed by atoms with E-state index in [2.05, 4.69) is 11.4 Å². The van der Waals surface area contributed by atoms with E-state index in [1.54, 1.807) is 0 Å². The summed E-state index contributed by atoms with van der Waals surface area (Å²) >= 11 is 0. The molecule has 1 aromatic heterocycles. The van der Waals surface area contributed by atoms with E-state index in [-0.39, 0.29) is 5.91 Å². The third-order valence-electron chi connectivity index (χ3n) is 5.29. The molecule has 3 aromatic rings. The van der Waals surface area contributed by atoms with Crippen molar-refractivity contribution in [3.63, 3.8) is 0 Å². The van der Waals surface area contributed by atoms with Gasteiger partial charge in [-0.1, -0.05) is 29.8 Å². The second-order valence-corrected chi connectivity index (χ2v) is 6.86. The first-order chi connectivity index (χ1) is 11.6. The quantitative estimate of drug-likeness (QED) is 0.680. The van der Waals surface area contributed by atoms with Gasteiger partial charge in [-0.3, -0.25) is 4.79 Å². The minimum atomic E-state index is -0.647. The van der Waals surface area contributed by atoms with Crippen LogP contribution in [0.4, 0.5) is 5.69 Å². The van der Waals surface area contributed by atoms with Crippen molar-refractivity contribution in [2.24, 2.45) is 0 Å². The minimum absolute atomic E-state index is 0.0704. The first-order valence-electron chi connectivity index (χ1n) is 8.29. The smallest absolute Gasteiger partial charge is 0.258 e. The molecule has 5 rings (SSSR count). The number of carbonyl (C=O) groups is 1. The number of nitrogens with one attached hydrogen (secondary N) is 1. The summed E-state index contributed by atoms with van der Waals surface area (Å²) in [6, 6.07) is 14.1. The van der Waals surface area contributed by atoms with Gasteiger partial charge in [0.2, 0.25) is 0 Å². The second-order valence-electron chi connectivity index (χ2n) is 6.86. The van der Waals surface area contributed by atoms with Crippen molar-refractivity contribution in [2.45, 2.75) is 25.9 Å². The van der Waals surface area contributed by atoms with Gasteiger partial charge >= 0.3 is 0 Å². The van der Waals surface area contributed by atoms with Crippen LogP contribution in [0.25, 0.3) is 11.0 Å². The Morgan fingerprint density at radius 1 is 1.21 bits per heavy atom. The fourth-order valence-electron chi connectivity index (χ4n) is 4.09. The Morgan fingerprint density at radius 2 is 2.04 bits per heavy atom. The molecular weight excluding hydrogens is 300 g/mol. The summed E-state index contributed by atoms with van der Waals surface area (Å²) in [5.41, 5.74) is 4.15. The normalized spacial score (nSPS) is 21.9. The van der Waals surface area contributed by atoms with Crippen molar-refractivity contribution < 1.29 is 9.21 Å². The molecule has 0 radical (unpaired) electrons. The fraction of sp³-hybridized carbons (Fsp3) is 0.250. The molecule has 24 heavy (non-hydrogen) atoms. The van der Waals surface area contributed by atoms with Crippen molar-refractivity contribution >= 4 is 22.6 Å². The van der Waals surface area contributed by atoms with Gasteiger partial charge in [0.25, 0.3) is 5.91 Å². The molecule has 3 heterocycles. The van der Waals surface area contributed by atoms with E-state index >= 15 is 0 Å². The number of fused-ring (bicyclic) bond motifs is 6. The van der Waals surface area contributed by atoms with Crippen LogP contribution in [0, 0.1) is 6.92 Å². The van der Waals surface area contributed by atoms with Gasteiger partial charge in [-0.05, 0) is 38.5 Å². The number of anilines is 1. The molecule has 2 aliphatic rings. The van der Waals surface area contributed by atoms with E-state index in [0.29, 0.717) is 6.54 Å². The average molecular weight is 318 g/mol. The van der Waals surface area contributed by atoms with Gasteiger partial charge in [-0.25, -0.2) is 0 Å². The van der Waals surface area contributed by atoms with Crippen molar-refractivity contribution in [3.05, 3.63) is 64.9 Å². The Hall–Kier alpha value is -2.75. The maximum atomic E-state index is 13.1. The van der Waals surface area contributed by atoms with Crippen LogP contribution in [0.3, 0.4) is 0 Å². The van der Waals surface area contributed by atoms with Crippen LogP contribution < -0.4 is 5.32 Å². The Balaban J connectivity index is 1.75. The molecule has 1 unspecified atom stereocenters. The van der Waals surface area contributed by atoms with Crippen LogP contribution in [0.2, 0.25) is 0 Å². The van der Waals surface area contributed by atoms with E-state index in [9.17, 15) is 4.79 Å². The fourth-order valence-corrected chi connectivity index (χ4v) is 4.09. The molecule has 120 valence electrons. The predicted octanol–water partition coefficient (Wildman–Crippen LogP) is 4.04. The summed E-state index contributed by atoms with van der Waals surface area (Å²) in [6.07, 6.45) is 0.816. The summed E-state index contributed by atoms with van der Waals surface area (Å²) in [7, 11) is 0. The van der Waals surface area contributed by atoms with Gasteiger partial charge < -0.3 is 14.6 Å². The number of carbonyl (C=O) groups excluding carboxylic acids is 1. The summed E-state index contributed by atoms with van der Waals surface area (Å²) in [5, 5.41) is 4.71. The summed E-state index contributed by atoms with van der Waals surface area (Å²) in [6.45, 7) is 4.73. The molecule has 4 heteroatoms. The van der Waals surface area contributed by atoms with Gasteiger partial charge in [0, 0.05) is 23.2 Å². The molecule has 0 aliphatic carbocycles. The average Bonchev–Trinajstić information content (AvgIpc) is 2.96. The molecule has 2 aliphatic heterocycles. The lowest BCUT2D eigenvalue weighted by atomic mass is 9.89. The minimum Gasteiger partial charge on any atom is -0.456 e. The Bertz CT molecular complexity index is 1000. The van der Waals surface area contributed by atoms with Crippen LogP contribution >= 0.6 is 0 Å². The van der Waals surface area contributed by atoms with E-state index in [1.165, 1.54) is 5.56 Å². The topological polar surface area (TPSA) is 45.5 Å². The Kier molecular flexibility index (Phi) is 2.51. The van der Waals surface area contributed by atoms with Crippen molar-refractivity contribution in [2.75, 3.05) is 11.9 Å². The monoisotopic (exact) mass is 318 g/mol.